The Morgan fingerprint density at radius 3 is 2.52 bits per heavy atom. The van der Waals surface area contributed by atoms with Crippen molar-refractivity contribution in [1.82, 2.24) is 10.2 Å². The number of urea groups is 1. The predicted molar refractivity (Wildman–Crippen MR) is 73.1 cm³/mol. The van der Waals surface area contributed by atoms with E-state index in [2.05, 4.69) is 5.32 Å². The molecule has 0 aromatic carbocycles. The Balaban J connectivity index is 1.83. The largest absolute Gasteiger partial charge is 0.417 e. The van der Waals surface area contributed by atoms with Crippen LogP contribution in [0, 0.1) is 6.92 Å². The maximum Gasteiger partial charge on any atom is 0.417 e. The number of nitrogens with one attached hydrogen (secondary N) is 1. The van der Waals surface area contributed by atoms with Gasteiger partial charge in [-0.25, -0.2) is 4.79 Å². The van der Waals surface area contributed by atoms with Crippen molar-refractivity contribution in [2.75, 3.05) is 13.1 Å². The number of nitrogens with zero attached hydrogens (tertiary/aromatic N) is 1. The van der Waals surface area contributed by atoms with Gasteiger partial charge < -0.3 is 15.3 Å². The Morgan fingerprint density at radius 2 is 2.05 bits per heavy atom. The van der Waals surface area contributed by atoms with E-state index in [1.807, 2.05) is 19.1 Å². The quantitative estimate of drug-likeness (QED) is 0.879. The Morgan fingerprint density at radius 1 is 1.43 bits per heavy atom. The Labute approximate surface area is 124 Å². The van der Waals surface area contributed by atoms with Crippen LogP contribution >= 0.6 is 11.3 Å². The number of aryl methyl sites for hydroxylation is 1. The maximum absolute atomic E-state index is 12.7. The molecule has 2 N–H and O–H groups in total. The molecule has 0 radical (unpaired) electrons. The van der Waals surface area contributed by atoms with Crippen LogP contribution in [-0.4, -0.2) is 40.9 Å². The number of amides is 2. The molecule has 0 bridgehead atoms. The number of aliphatic hydroxyl groups is 1. The first kappa shape index (κ1) is 16.1. The molecule has 0 spiro atoms. The zero-order chi connectivity index (χ0) is 15.7. The SMILES string of the molecule is Cc1ccc(CNC(=O)N2CCC(O)(C(F)(F)F)CC2)s1. The molecule has 1 aromatic heterocycles. The highest BCUT2D eigenvalue weighted by Crippen LogP contribution is 2.38. The molecule has 118 valence electrons. The normalized spacial score (nSPS) is 18.6. The molecule has 4 nitrogen and oxygen atoms in total. The highest BCUT2D eigenvalue weighted by molar-refractivity contribution is 7.11. The van der Waals surface area contributed by atoms with Crippen LogP contribution < -0.4 is 5.32 Å². The first-order valence-electron chi connectivity index (χ1n) is 6.58. The number of piperidine rings is 1. The Hall–Kier alpha value is -1.28. The van der Waals surface area contributed by atoms with E-state index in [9.17, 15) is 23.1 Å². The van der Waals surface area contributed by atoms with Gasteiger partial charge in [-0.1, -0.05) is 0 Å². The van der Waals surface area contributed by atoms with E-state index >= 15 is 0 Å². The van der Waals surface area contributed by atoms with E-state index in [0.29, 0.717) is 6.54 Å². The smallest absolute Gasteiger partial charge is 0.380 e. The molecular formula is C13H17F3N2O2S. The summed E-state index contributed by atoms with van der Waals surface area (Å²) in [4.78, 5) is 15.3. The fourth-order valence-electron chi connectivity index (χ4n) is 2.22. The van der Waals surface area contributed by atoms with Crippen molar-refractivity contribution in [3.8, 4) is 0 Å². The van der Waals surface area contributed by atoms with Gasteiger partial charge in [0.25, 0.3) is 0 Å². The van der Waals surface area contributed by atoms with E-state index in [4.69, 9.17) is 0 Å². The predicted octanol–water partition coefficient (Wildman–Crippen LogP) is 2.66. The van der Waals surface area contributed by atoms with Crippen molar-refractivity contribution in [3.63, 3.8) is 0 Å². The van der Waals surface area contributed by atoms with Gasteiger partial charge in [-0.3, -0.25) is 0 Å². The molecule has 0 atom stereocenters. The molecule has 1 aliphatic rings. The number of rotatable bonds is 2. The minimum absolute atomic E-state index is 0.106. The fraction of sp³-hybridized carbons (Fsp3) is 0.615. The van der Waals surface area contributed by atoms with Gasteiger partial charge in [0.05, 0.1) is 6.54 Å². The molecule has 2 amide bonds. The van der Waals surface area contributed by atoms with Crippen molar-refractivity contribution >= 4 is 17.4 Å². The third-order valence-electron chi connectivity index (χ3n) is 3.62. The molecular weight excluding hydrogens is 305 g/mol. The lowest BCUT2D eigenvalue weighted by molar-refractivity contribution is -0.271. The summed E-state index contributed by atoms with van der Waals surface area (Å²) < 4.78 is 38.0. The molecule has 1 fully saturated rings. The van der Waals surface area contributed by atoms with Crippen LogP contribution in [0.4, 0.5) is 18.0 Å². The van der Waals surface area contributed by atoms with Gasteiger partial charge in [0.15, 0.2) is 5.60 Å². The molecule has 21 heavy (non-hydrogen) atoms. The minimum Gasteiger partial charge on any atom is -0.380 e. The third kappa shape index (κ3) is 3.68. The molecule has 0 unspecified atom stereocenters. The van der Waals surface area contributed by atoms with Crippen LogP contribution in [0.2, 0.25) is 0 Å². The van der Waals surface area contributed by atoms with Crippen LogP contribution in [0.1, 0.15) is 22.6 Å². The van der Waals surface area contributed by atoms with Crippen LogP contribution in [0.25, 0.3) is 0 Å². The van der Waals surface area contributed by atoms with Gasteiger partial charge >= 0.3 is 12.2 Å². The molecule has 1 aromatic rings. The highest BCUT2D eigenvalue weighted by atomic mass is 32.1. The summed E-state index contributed by atoms with van der Waals surface area (Å²) in [6.07, 6.45) is -5.62. The van der Waals surface area contributed by atoms with Crippen LogP contribution in [0.5, 0.6) is 0 Å². The number of alkyl halides is 3. The summed E-state index contributed by atoms with van der Waals surface area (Å²) in [5.74, 6) is 0. The topological polar surface area (TPSA) is 52.6 Å². The zero-order valence-electron chi connectivity index (χ0n) is 11.5. The van der Waals surface area contributed by atoms with Crippen molar-refractivity contribution in [3.05, 3.63) is 21.9 Å². The average molecular weight is 322 g/mol. The van der Waals surface area contributed by atoms with E-state index in [0.717, 1.165) is 9.75 Å². The van der Waals surface area contributed by atoms with Crippen LogP contribution in [0.15, 0.2) is 12.1 Å². The molecule has 0 aliphatic carbocycles. The summed E-state index contributed by atoms with van der Waals surface area (Å²) in [7, 11) is 0. The highest BCUT2D eigenvalue weighted by Gasteiger charge is 2.54. The van der Waals surface area contributed by atoms with Crippen LogP contribution in [0.3, 0.4) is 0 Å². The van der Waals surface area contributed by atoms with E-state index in [-0.39, 0.29) is 13.1 Å². The van der Waals surface area contributed by atoms with Gasteiger partial charge in [-0.2, -0.15) is 13.2 Å². The number of hydrogen-bond acceptors (Lipinski definition) is 3. The van der Waals surface area contributed by atoms with E-state index < -0.39 is 30.7 Å². The number of halogens is 3. The molecule has 2 rings (SSSR count). The number of hydrogen-bond donors (Lipinski definition) is 2. The maximum atomic E-state index is 12.7. The minimum atomic E-state index is -4.65. The number of carbonyl (C=O) groups excluding carboxylic acids is 1. The van der Waals surface area contributed by atoms with Gasteiger partial charge in [-0.15, -0.1) is 11.3 Å². The number of likely N-dealkylation sites (tertiary alicyclic amines) is 1. The van der Waals surface area contributed by atoms with E-state index in [1.54, 1.807) is 11.3 Å². The number of carbonyl (C=O) groups is 1. The summed E-state index contributed by atoms with van der Waals surface area (Å²) in [6.45, 7) is 2.10. The monoisotopic (exact) mass is 322 g/mol. The second-order valence-corrected chi connectivity index (χ2v) is 6.56. The molecule has 8 heteroatoms. The van der Waals surface area contributed by atoms with Gasteiger partial charge in [0.1, 0.15) is 0 Å². The first-order chi connectivity index (χ1) is 9.71. The molecule has 2 heterocycles. The number of thiophene rings is 1. The Kier molecular flexibility index (Phi) is 4.48. The lowest BCUT2D eigenvalue weighted by Crippen LogP contribution is -2.55. The fourth-order valence-corrected chi connectivity index (χ4v) is 3.05. The van der Waals surface area contributed by atoms with Crippen molar-refractivity contribution < 1.29 is 23.1 Å². The average Bonchev–Trinajstić information content (AvgIpc) is 2.81. The van der Waals surface area contributed by atoms with Gasteiger partial charge in [-0.05, 0) is 19.1 Å². The van der Waals surface area contributed by atoms with Crippen molar-refractivity contribution in [2.24, 2.45) is 0 Å². The van der Waals surface area contributed by atoms with E-state index in [1.165, 1.54) is 4.90 Å². The summed E-state index contributed by atoms with van der Waals surface area (Å²) in [5, 5.41) is 12.2. The first-order valence-corrected chi connectivity index (χ1v) is 7.40. The Bertz CT molecular complexity index is 508. The van der Waals surface area contributed by atoms with Crippen LogP contribution in [-0.2, 0) is 6.54 Å². The summed E-state index contributed by atoms with van der Waals surface area (Å²) >= 11 is 1.56. The second-order valence-electron chi connectivity index (χ2n) is 5.19. The molecule has 1 aliphatic heterocycles. The summed E-state index contributed by atoms with van der Waals surface area (Å²) in [6, 6.07) is 3.44. The molecule has 1 saturated heterocycles. The van der Waals surface area contributed by atoms with Gasteiger partial charge in [0.2, 0.25) is 0 Å². The molecule has 0 saturated carbocycles. The third-order valence-corrected chi connectivity index (χ3v) is 4.62. The lowest BCUT2D eigenvalue weighted by atomic mass is 9.91. The standard InChI is InChI=1S/C13H17F3N2O2S/c1-9-2-3-10(21-9)8-17-11(19)18-6-4-12(20,5-7-18)13(14,15)16/h2-3,20H,4-8H2,1H3,(H,17,19). The van der Waals surface area contributed by atoms with Gasteiger partial charge in [0, 0.05) is 35.7 Å². The zero-order valence-corrected chi connectivity index (χ0v) is 12.4. The second kappa shape index (κ2) is 5.84. The van der Waals surface area contributed by atoms with Crippen molar-refractivity contribution in [2.45, 2.75) is 38.1 Å². The van der Waals surface area contributed by atoms with Crippen molar-refractivity contribution in [1.29, 1.82) is 0 Å². The summed E-state index contributed by atoms with van der Waals surface area (Å²) in [5.41, 5.74) is -2.67. The lowest BCUT2D eigenvalue weighted by Gasteiger charge is -2.38.